The molecular weight excluding hydrogens is 386 g/mol. The molecule has 150 valence electrons. The zero-order valence-electron chi connectivity index (χ0n) is 16.9. The van der Waals surface area contributed by atoms with E-state index in [9.17, 15) is 4.79 Å². The van der Waals surface area contributed by atoms with Gasteiger partial charge in [0.25, 0.3) is 0 Å². The zero-order valence-corrected chi connectivity index (χ0v) is 18.5. The van der Waals surface area contributed by atoms with Crippen molar-refractivity contribution in [1.29, 1.82) is 0 Å². The largest absolute Gasteiger partial charge is 0.497 e. The molecule has 0 aromatic heterocycles. The smallest absolute Gasteiger partial charge is 0.234 e. The lowest BCUT2D eigenvalue weighted by Crippen LogP contribution is -2.27. The fraction of sp³-hybridized carbons (Fsp3) is 0.435. The van der Waals surface area contributed by atoms with Crippen molar-refractivity contribution in [2.24, 2.45) is 0 Å². The molecular formula is C23H29NO2S2. The highest BCUT2D eigenvalue weighted by Gasteiger charge is 2.27. The number of carbonyl (C=O) groups is 1. The number of hydrogen-bond acceptors (Lipinski definition) is 4. The summed E-state index contributed by atoms with van der Waals surface area (Å²) in [5.74, 6) is 1.50. The van der Waals surface area contributed by atoms with Crippen molar-refractivity contribution in [3.8, 4) is 5.75 Å². The van der Waals surface area contributed by atoms with Crippen LogP contribution in [0.4, 0.5) is 5.69 Å². The first-order chi connectivity index (χ1) is 13.6. The maximum Gasteiger partial charge on any atom is 0.234 e. The number of anilines is 1. The Morgan fingerprint density at radius 1 is 1.07 bits per heavy atom. The van der Waals surface area contributed by atoms with E-state index < -0.39 is 0 Å². The number of amides is 1. The van der Waals surface area contributed by atoms with E-state index in [0.29, 0.717) is 16.3 Å². The van der Waals surface area contributed by atoms with Gasteiger partial charge in [-0.2, -0.15) is 0 Å². The number of ether oxygens (including phenoxy) is 1. The van der Waals surface area contributed by atoms with Gasteiger partial charge in [-0.25, -0.2) is 0 Å². The first-order valence-electron chi connectivity index (χ1n) is 9.85. The molecule has 0 heterocycles. The van der Waals surface area contributed by atoms with E-state index in [-0.39, 0.29) is 5.91 Å². The second kappa shape index (κ2) is 10.3. The maximum atomic E-state index is 12.6. The Hall–Kier alpha value is -1.59. The van der Waals surface area contributed by atoms with Gasteiger partial charge in [-0.15, -0.1) is 23.5 Å². The molecule has 0 unspecified atom stereocenters. The van der Waals surface area contributed by atoms with Crippen LogP contribution in [0, 0.1) is 13.8 Å². The predicted molar refractivity (Wildman–Crippen MR) is 122 cm³/mol. The highest BCUT2D eigenvalue weighted by Crippen LogP contribution is 2.40. The van der Waals surface area contributed by atoms with Crippen LogP contribution in [-0.4, -0.2) is 29.3 Å². The van der Waals surface area contributed by atoms with E-state index in [4.69, 9.17) is 4.74 Å². The average Bonchev–Trinajstić information content (AvgIpc) is 2.70. The van der Waals surface area contributed by atoms with Crippen LogP contribution in [-0.2, 0) is 4.79 Å². The molecule has 2 aromatic rings. The van der Waals surface area contributed by atoms with Crippen LogP contribution in [0.25, 0.3) is 0 Å². The third-order valence-electron chi connectivity index (χ3n) is 5.14. The topological polar surface area (TPSA) is 38.3 Å². The molecule has 1 N–H and O–H groups in total. The number of nitrogens with one attached hydrogen (secondary N) is 1. The Morgan fingerprint density at radius 3 is 2.46 bits per heavy atom. The normalized spacial score (nSPS) is 19.2. The summed E-state index contributed by atoms with van der Waals surface area (Å²) >= 11 is 3.74. The molecule has 1 aliphatic carbocycles. The second-order valence-electron chi connectivity index (χ2n) is 7.28. The lowest BCUT2D eigenvalue weighted by Gasteiger charge is -2.30. The third-order valence-corrected chi connectivity index (χ3v) is 8.13. The van der Waals surface area contributed by atoms with Crippen LogP contribution in [0.15, 0.2) is 47.4 Å². The van der Waals surface area contributed by atoms with Gasteiger partial charge in [0.1, 0.15) is 5.75 Å². The SMILES string of the molecule is COc1cccc(S[C@@H]2CCCC[C@H]2SCC(=O)Nc2c(C)cccc2C)c1. The summed E-state index contributed by atoms with van der Waals surface area (Å²) in [7, 11) is 1.71. The van der Waals surface area contributed by atoms with Crippen LogP contribution in [0.2, 0.25) is 0 Å². The standard InChI is InChI=1S/C23H29NO2S2/c1-16-8-6-9-17(2)23(16)24-22(25)15-27-20-12-4-5-13-21(20)28-19-11-7-10-18(14-19)26-3/h6-11,14,20-21H,4-5,12-13,15H2,1-3H3,(H,24,25)/t20-,21-/m1/s1. The van der Waals surface area contributed by atoms with Crippen molar-refractivity contribution in [2.45, 2.75) is 54.9 Å². The zero-order chi connectivity index (χ0) is 19.9. The van der Waals surface area contributed by atoms with Gasteiger partial charge in [-0.1, -0.05) is 37.1 Å². The molecule has 0 spiro atoms. The number of thioether (sulfide) groups is 2. The molecule has 3 rings (SSSR count). The minimum absolute atomic E-state index is 0.0955. The van der Waals surface area contributed by atoms with Crippen molar-refractivity contribution in [3.05, 3.63) is 53.6 Å². The number of para-hydroxylation sites is 1. The monoisotopic (exact) mass is 415 g/mol. The fourth-order valence-corrected chi connectivity index (χ4v) is 6.39. The minimum Gasteiger partial charge on any atom is -0.497 e. The van der Waals surface area contributed by atoms with Crippen molar-refractivity contribution < 1.29 is 9.53 Å². The Kier molecular flexibility index (Phi) is 7.74. The van der Waals surface area contributed by atoms with Gasteiger partial charge in [0, 0.05) is 21.1 Å². The van der Waals surface area contributed by atoms with E-state index in [2.05, 4.69) is 17.4 Å². The summed E-state index contributed by atoms with van der Waals surface area (Å²) in [6.07, 6.45) is 4.92. The predicted octanol–water partition coefficient (Wildman–Crippen LogP) is 6.09. The highest BCUT2D eigenvalue weighted by molar-refractivity contribution is 8.04. The van der Waals surface area contributed by atoms with Crippen molar-refractivity contribution in [2.75, 3.05) is 18.2 Å². The van der Waals surface area contributed by atoms with E-state index in [1.807, 2.05) is 67.7 Å². The van der Waals surface area contributed by atoms with Gasteiger partial charge >= 0.3 is 0 Å². The quantitative estimate of drug-likeness (QED) is 0.594. The van der Waals surface area contributed by atoms with Crippen molar-refractivity contribution >= 4 is 35.1 Å². The van der Waals surface area contributed by atoms with Gasteiger partial charge in [0.05, 0.1) is 12.9 Å². The number of aryl methyl sites for hydroxylation is 2. The average molecular weight is 416 g/mol. The van der Waals surface area contributed by atoms with Crippen molar-refractivity contribution in [3.63, 3.8) is 0 Å². The van der Waals surface area contributed by atoms with Gasteiger partial charge in [-0.05, 0) is 56.0 Å². The van der Waals surface area contributed by atoms with Crippen LogP contribution in [0.3, 0.4) is 0 Å². The van der Waals surface area contributed by atoms with Gasteiger partial charge in [0.15, 0.2) is 0 Å². The summed E-state index contributed by atoms with van der Waals surface area (Å²) < 4.78 is 5.35. The lowest BCUT2D eigenvalue weighted by atomic mass is 10.00. The van der Waals surface area contributed by atoms with Crippen LogP contribution in [0.5, 0.6) is 5.75 Å². The van der Waals surface area contributed by atoms with Gasteiger partial charge in [0.2, 0.25) is 5.91 Å². The minimum atomic E-state index is 0.0955. The Balaban J connectivity index is 1.57. The molecule has 0 aliphatic heterocycles. The first kappa shape index (κ1) is 21.1. The Morgan fingerprint density at radius 2 is 1.75 bits per heavy atom. The van der Waals surface area contributed by atoms with Gasteiger partial charge < -0.3 is 10.1 Å². The van der Waals surface area contributed by atoms with E-state index in [0.717, 1.165) is 22.6 Å². The number of hydrogen-bond donors (Lipinski definition) is 1. The summed E-state index contributed by atoms with van der Waals surface area (Å²) in [5, 5.41) is 4.16. The summed E-state index contributed by atoms with van der Waals surface area (Å²) in [5.41, 5.74) is 3.18. The number of methoxy groups -OCH3 is 1. The Bertz CT molecular complexity index is 789. The van der Waals surface area contributed by atoms with E-state index in [1.165, 1.54) is 30.6 Å². The third kappa shape index (κ3) is 5.71. The molecule has 5 heteroatoms. The molecule has 1 saturated carbocycles. The number of rotatable bonds is 7. The molecule has 0 saturated heterocycles. The summed E-state index contributed by atoms with van der Waals surface area (Å²) in [4.78, 5) is 13.8. The van der Waals surface area contributed by atoms with E-state index >= 15 is 0 Å². The fourth-order valence-electron chi connectivity index (χ4n) is 3.61. The Labute approximate surface area is 177 Å². The second-order valence-corrected chi connectivity index (χ2v) is 9.82. The molecule has 1 aliphatic rings. The molecule has 3 nitrogen and oxygen atoms in total. The molecule has 28 heavy (non-hydrogen) atoms. The summed E-state index contributed by atoms with van der Waals surface area (Å²) in [6.45, 7) is 4.08. The first-order valence-corrected chi connectivity index (χ1v) is 11.8. The molecule has 1 amide bonds. The summed E-state index contributed by atoms with van der Waals surface area (Å²) in [6, 6.07) is 14.4. The molecule has 0 radical (unpaired) electrons. The van der Waals surface area contributed by atoms with E-state index in [1.54, 1.807) is 7.11 Å². The van der Waals surface area contributed by atoms with Gasteiger partial charge in [-0.3, -0.25) is 4.79 Å². The lowest BCUT2D eigenvalue weighted by molar-refractivity contribution is -0.113. The maximum absolute atomic E-state index is 12.6. The molecule has 1 fully saturated rings. The number of carbonyl (C=O) groups excluding carboxylic acids is 1. The van der Waals surface area contributed by atoms with Crippen LogP contribution >= 0.6 is 23.5 Å². The molecule has 2 atom stereocenters. The number of benzene rings is 2. The van der Waals surface area contributed by atoms with Crippen molar-refractivity contribution in [1.82, 2.24) is 0 Å². The molecule has 0 bridgehead atoms. The van der Waals surface area contributed by atoms with Crippen LogP contribution < -0.4 is 10.1 Å². The van der Waals surface area contributed by atoms with Crippen LogP contribution in [0.1, 0.15) is 36.8 Å². The molecule has 2 aromatic carbocycles. The highest BCUT2D eigenvalue weighted by atomic mass is 32.2.